The molecule has 6 rings (SSSR count). The number of carbonyl (C=O) groups excluding carboxylic acids is 4. The van der Waals surface area contributed by atoms with Crippen LogP contribution < -0.4 is 15.1 Å². The number of amides is 3. The molecule has 1 N–H and O–H groups in total. The SMILES string of the molecule is CCOC(=O)c1ccc(NC(=O)Cn2c3c(sc2=O)C(c2ccc(Br)cc2)C2C(=O)N(c4cccc(C(F)(F)F)c4)C(=O)C2S3)cc1. The van der Waals surface area contributed by atoms with Crippen LogP contribution in [0.4, 0.5) is 24.5 Å². The van der Waals surface area contributed by atoms with E-state index in [1.165, 1.54) is 34.9 Å². The third-order valence-electron chi connectivity index (χ3n) is 7.69. The number of carbonyl (C=O) groups is 4. The summed E-state index contributed by atoms with van der Waals surface area (Å²) in [5, 5.41) is 1.94. The molecule has 15 heteroatoms. The van der Waals surface area contributed by atoms with Crippen LogP contribution in [-0.2, 0) is 31.8 Å². The second-order valence-electron chi connectivity index (χ2n) is 10.6. The highest BCUT2D eigenvalue weighted by atomic mass is 79.9. The first-order chi connectivity index (χ1) is 22.4. The van der Waals surface area contributed by atoms with E-state index < -0.39 is 63.9 Å². The molecule has 0 bridgehead atoms. The smallest absolute Gasteiger partial charge is 0.416 e. The van der Waals surface area contributed by atoms with Crippen molar-refractivity contribution in [3.05, 3.63) is 109 Å². The van der Waals surface area contributed by atoms with E-state index in [1.54, 1.807) is 31.2 Å². The van der Waals surface area contributed by atoms with Crippen LogP contribution in [0.5, 0.6) is 0 Å². The minimum absolute atomic E-state index is 0.200. The monoisotopic (exact) mass is 745 g/mol. The van der Waals surface area contributed by atoms with Gasteiger partial charge in [-0.1, -0.05) is 57.2 Å². The predicted molar refractivity (Wildman–Crippen MR) is 173 cm³/mol. The summed E-state index contributed by atoms with van der Waals surface area (Å²) < 4.78 is 47.5. The molecule has 2 aliphatic heterocycles. The number of halogens is 4. The molecule has 3 unspecified atom stereocenters. The number of hydrogen-bond donors (Lipinski definition) is 1. The average Bonchev–Trinajstić information content (AvgIpc) is 3.47. The third kappa shape index (κ3) is 6.26. The first kappa shape index (κ1) is 32.7. The molecule has 0 radical (unpaired) electrons. The second kappa shape index (κ2) is 12.8. The van der Waals surface area contributed by atoms with Crippen molar-refractivity contribution in [3.63, 3.8) is 0 Å². The number of benzene rings is 3. The number of ether oxygens (including phenoxy) is 1. The van der Waals surface area contributed by atoms with E-state index in [0.29, 0.717) is 26.7 Å². The average molecular weight is 747 g/mol. The fourth-order valence-corrected chi connectivity index (χ4v) is 8.65. The number of aromatic nitrogens is 1. The van der Waals surface area contributed by atoms with Crippen LogP contribution in [0, 0.1) is 5.92 Å². The first-order valence-electron chi connectivity index (χ1n) is 14.1. The number of imide groups is 1. The van der Waals surface area contributed by atoms with E-state index in [1.807, 2.05) is 0 Å². The van der Waals surface area contributed by atoms with Crippen LogP contribution in [0.3, 0.4) is 0 Å². The highest BCUT2D eigenvalue weighted by Gasteiger charge is 2.57. The maximum atomic E-state index is 14.0. The third-order valence-corrected chi connectivity index (χ3v) is 10.8. The van der Waals surface area contributed by atoms with E-state index in [0.717, 1.165) is 50.7 Å². The van der Waals surface area contributed by atoms with Gasteiger partial charge in [-0.2, -0.15) is 13.2 Å². The molecule has 2 aliphatic rings. The number of nitrogens with zero attached hydrogens (tertiary/aromatic N) is 2. The molecule has 0 spiro atoms. The van der Waals surface area contributed by atoms with Gasteiger partial charge < -0.3 is 10.1 Å². The Kier molecular flexibility index (Phi) is 8.89. The summed E-state index contributed by atoms with van der Waals surface area (Å²) in [4.78, 5) is 67.0. The summed E-state index contributed by atoms with van der Waals surface area (Å²) in [6.45, 7) is 1.48. The molecule has 0 saturated carbocycles. The Balaban J connectivity index is 1.34. The quantitative estimate of drug-likeness (QED) is 0.174. The summed E-state index contributed by atoms with van der Waals surface area (Å²) in [6, 6.07) is 17.0. The molecule has 9 nitrogen and oxygen atoms in total. The Bertz CT molecular complexity index is 1960. The van der Waals surface area contributed by atoms with Gasteiger partial charge in [0, 0.05) is 21.0 Å². The molecule has 3 aromatic carbocycles. The van der Waals surface area contributed by atoms with Crippen molar-refractivity contribution >= 4 is 74.1 Å². The highest BCUT2D eigenvalue weighted by molar-refractivity contribution is 9.10. The van der Waals surface area contributed by atoms with E-state index in [2.05, 4.69) is 21.2 Å². The molecule has 4 aromatic rings. The van der Waals surface area contributed by atoms with Crippen molar-refractivity contribution < 1.29 is 37.1 Å². The number of rotatable bonds is 7. The van der Waals surface area contributed by atoms with Crippen molar-refractivity contribution in [2.45, 2.75) is 35.8 Å². The van der Waals surface area contributed by atoms with Gasteiger partial charge in [-0.05, 0) is 67.1 Å². The number of thioether (sulfide) groups is 1. The minimum Gasteiger partial charge on any atom is -0.462 e. The van der Waals surface area contributed by atoms with Crippen LogP contribution >= 0.6 is 39.0 Å². The number of hydrogen-bond acceptors (Lipinski definition) is 8. The lowest BCUT2D eigenvalue weighted by molar-refractivity contribution is -0.137. The van der Waals surface area contributed by atoms with Crippen molar-refractivity contribution in [3.8, 4) is 0 Å². The number of alkyl halides is 3. The van der Waals surface area contributed by atoms with Crippen LogP contribution in [0.25, 0.3) is 0 Å². The number of esters is 1. The number of anilines is 2. The Labute approximate surface area is 281 Å². The highest BCUT2D eigenvalue weighted by Crippen LogP contribution is 2.54. The molecule has 3 atom stereocenters. The van der Waals surface area contributed by atoms with Crippen molar-refractivity contribution in [1.29, 1.82) is 0 Å². The van der Waals surface area contributed by atoms with Crippen LogP contribution in [0.2, 0.25) is 0 Å². The van der Waals surface area contributed by atoms with E-state index in [4.69, 9.17) is 4.74 Å². The minimum atomic E-state index is -4.69. The topological polar surface area (TPSA) is 115 Å². The zero-order valence-electron chi connectivity index (χ0n) is 24.2. The predicted octanol–water partition coefficient (Wildman–Crippen LogP) is 6.30. The molecular formula is C32H23BrF3N3O6S2. The van der Waals surface area contributed by atoms with Gasteiger partial charge >= 0.3 is 17.0 Å². The molecule has 47 heavy (non-hydrogen) atoms. The summed E-state index contributed by atoms with van der Waals surface area (Å²) >= 11 is 5.19. The molecule has 3 heterocycles. The van der Waals surface area contributed by atoms with Gasteiger partial charge in [-0.15, -0.1) is 0 Å². The maximum absolute atomic E-state index is 14.0. The van der Waals surface area contributed by atoms with Gasteiger partial charge in [0.15, 0.2) is 0 Å². The lowest BCUT2D eigenvalue weighted by Crippen LogP contribution is -2.33. The summed E-state index contributed by atoms with van der Waals surface area (Å²) in [5.41, 5.74) is 0.0868. The van der Waals surface area contributed by atoms with E-state index in [9.17, 15) is 37.1 Å². The number of fused-ring (bicyclic) bond motifs is 2. The zero-order chi connectivity index (χ0) is 33.6. The summed E-state index contributed by atoms with van der Waals surface area (Å²) in [5.74, 6) is -4.26. The van der Waals surface area contributed by atoms with Crippen LogP contribution in [0.1, 0.15) is 39.2 Å². The van der Waals surface area contributed by atoms with Crippen LogP contribution in [-0.4, -0.2) is 40.1 Å². The van der Waals surface area contributed by atoms with Gasteiger partial charge in [0.05, 0.1) is 34.4 Å². The molecule has 1 saturated heterocycles. The standard InChI is InChI=1S/C32H23BrF3N3O6S2/c1-2-45-30(43)17-8-12-20(13-9-17)37-22(40)15-38-29-26(47-31(38)44)23(16-6-10-19(33)11-7-16)24-25(46-29)28(42)39(27(24)41)21-5-3-4-18(14-21)32(34,35)36/h3-14,23-25H,2,15H2,1H3,(H,37,40). The molecule has 1 fully saturated rings. The fraction of sp³-hybridized carbons (Fsp3) is 0.219. The largest absolute Gasteiger partial charge is 0.462 e. The number of thiazole rings is 1. The van der Waals surface area contributed by atoms with Crippen LogP contribution in [0.15, 0.2) is 87.1 Å². The maximum Gasteiger partial charge on any atom is 0.416 e. The Morgan fingerprint density at radius 2 is 1.68 bits per heavy atom. The molecule has 242 valence electrons. The lowest BCUT2D eigenvalue weighted by atomic mass is 9.83. The Hall–Kier alpha value is -4.21. The van der Waals surface area contributed by atoms with Crippen molar-refractivity contribution in [2.24, 2.45) is 5.92 Å². The molecule has 1 aromatic heterocycles. The van der Waals surface area contributed by atoms with E-state index >= 15 is 0 Å². The summed E-state index contributed by atoms with van der Waals surface area (Å²) in [6.07, 6.45) is -4.69. The fourth-order valence-electron chi connectivity index (χ4n) is 5.61. The second-order valence-corrected chi connectivity index (χ2v) is 13.7. The van der Waals surface area contributed by atoms with Gasteiger partial charge in [0.25, 0.3) is 0 Å². The summed E-state index contributed by atoms with van der Waals surface area (Å²) in [7, 11) is 0. The van der Waals surface area contributed by atoms with Gasteiger partial charge in [0.2, 0.25) is 17.7 Å². The van der Waals surface area contributed by atoms with Crippen molar-refractivity contribution in [2.75, 3.05) is 16.8 Å². The van der Waals surface area contributed by atoms with Gasteiger partial charge in [-0.25, -0.2) is 9.69 Å². The lowest BCUT2D eigenvalue weighted by Gasteiger charge is -2.30. The van der Waals surface area contributed by atoms with Gasteiger partial charge in [-0.3, -0.25) is 23.7 Å². The van der Waals surface area contributed by atoms with E-state index in [-0.39, 0.29) is 12.3 Å². The molecule has 3 amide bonds. The number of nitrogens with one attached hydrogen (secondary N) is 1. The normalized spacial score (nSPS) is 18.9. The molecular weight excluding hydrogens is 723 g/mol. The van der Waals surface area contributed by atoms with Gasteiger partial charge in [0.1, 0.15) is 11.8 Å². The van der Waals surface area contributed by atoms with Crippen molar-refractivity contribution in [1.82, 2.24) is 4.57 Å². The Morgan fingerprint density at radius 3 is 2.34 bits per heavy atom. The molecule has 0 aliphatic carbocycles. The Morgan fingerprint density at radius 1 is 0.979 bits per heavy atom. The first-order valence-corrected chi connectivity index (χ1v) is 16.6. The zero-order valence-corrected chi connectivity index (χ0v) is 27.5.